The zero-order chi connectivity index (χ0) is 21.0. The molecule has 1 aliphatic heterocycles. The van der Waals surface area contributed by atoms with Gasteiger partial charge in [-0.05, 0) is 46.3 Å². The van der Waals surface area contributed by atoms with E-state index in [2.05, 4.69) is 36.5 Å². The molecule has 0 bridgehead atoms. The molecule has 1 aromatic heterocycles. The highest BCUT2D eigenvalue weighted by molar-refractivity contribution is 9.10. The van der Waals surface area contributed by atoms with Crippen LogP contribution in [0.2, 0.25) is 5.02 Å². The van der Waals surface area contributed by atoms with E-state index >= 15 is 0 Å². The average Bonchev–Trinajstić information content (AvgIpc) is 3.09. The summed E-state index contributed by atoms with van der Waals surface area (Å²) in [6.07, 6.45) is 0. The molecule has 3 N–H and O–H groups in total. The summed E-state index contributed by atoms with van der Waals surface area (Å²) in [5.41, 5.74) is 0.0817. The molecule has 1 aliphatic rings. The van der Waals surface area contributed by atoms with Gasteiger partial charge in [0, 0.05) is 10.7 Å². The van der Waals surface area contributed by atoms with Gasteiger partial charge in [0.1, 0.15) is 0 Å². The molecule has 0 radical (unpaired) electrons. The highest BCUT2D eigenvalue weighted by Gasteiger charge is 2.27. The van der Waals surface area contributed by atoms with Gasteiger partial charge in [0.2, 0.25) is 5.91 Å². The lowest BCUT2D eigenvalue weighted by atomic mass is 10.3. The third kappa shape index (κ3) is 5.62. The molecular formula is C17H11BrClN5O4S. The van der Waals surface area contributed by atoms with E-state index < -0.39 is 23.4 Å². The summed E-state index contributed by atoms with van der Waals surface area (Å²) in [6.45, 7) is 0. The fraction of sp³-hybridized carbons (Fsp3) is 0.0588. The van der Waals surface area contributed by atoms with Crippen molar-refractivity contribution in [3.8, 4) is 0 Å². The number of furan rings is 1. The first kappa shape index (κ1) is 21.0. The zero-order valence-electron chi connectivity index (χ0n) is 14.4. The highest BCUT2D eigenvalue weighted by atomic mass is 79.9. The number of rotatable bonds is 4. The number of carbonyl (C=O) groups excluding carboxylic acids is 3. The van der Waals surface area contributed by atoms with E-state index in [0.717, 1.165) is 11.8 Å². The van der Waals surface area contributed by atoms with Crippen molar-refractivity contribution in [3.63, 3.8) is 0 Å². The van der Waals surface area contributed by atoms with Gasteiger partial charge in [0.05, 0.1) is 5.75 Å². The maximum absolute atomic E-state index is 12.2. The van der Waals surface area contributed by atoms with Crippen LogP contribution >= 0.6 is 39.3 Å². The number of nitrogens with one attached hydrogen (secondary N) is 3. The largest absolute Gasteiger partial charge is 0.444 e. The third-order valence-electron chi connectivity index (χ3n) is 3.32. The molecule has 2 heterocycles. The van der Waals surface area contributed by atoms with Crippen LogP contribution in [0.25, 0.3) is 0 Å². The molecule has 3 amide bonds. The molecule has 29 heavy (non-hydrogen) atoms. The lowest BCUT2D eigenvalue weighted by Crippen LogP contribution is -2.43. The van der Waals surface area contributed by atoms with Crippen molar-refractivity contribution >= 4 is 79.4 Å². The van der Waals surface area contributed by atoms with E-state index in [0.29, 0.717) is 15.4 Å². The molecule has 0 fully saturated rings. The smallest absolute Gasteiger partial charge is 0.313 e. The quantitative estimate of drug-likeness (QED) is 0.597. The molecule has 3 rings (SSSR count). The first-order valence-corrected chi connectivity index (χ1v) is 10.0. The number of benzene rings is 1. The number of hydrogen-bond donors (Lipinski definition) is 3. The number of thioether (sulfide) groups is 1. The van der Waals surface area contributed by atoms with Gasteiger partial charge in [-0.3, -0.25) is 25.1 Å². The first-order valence-electron chi connectivity index (χ1n) is 7.87. The van der Waals surface area contributed by atoms with Gasteiger partial charge in [-0.1, -0.05) is 29.4 Å². The topological polar surface area (TPSA) is 137 Å². The Labute approximate surface area is 181 Å². The molecule has 0 spiro atoms. The number of halogens is 2. The van der Waals surface area contributed by atoms with E-state index in [1.165, 1.54) is 12.1 Å². The van der Waals surface area contributed by atoms with Gasteiger partial charge in [-0.25, -0.2) is 4.99 Å². The van der Waals surface area contributed by atoms with Crippen molar-refractivity contribution in [1.82, 2.24) is 5.32 Å². The lowest BCUT2D eigenvalue weighted by molar-refractivity contribution is -0.114. The van der Waals surface area contributed by atoms with Gasteiger partial charge in [-0.15, -0.1) is 0 Å². The SMILES string of the molecule is N=C1N=C(SCC(=O)Nc2cccc(Cl)c2)NC(=O)C1=NC(=O)c1ccc(Br)o1. The minimum absolute atomic E-state index is 0.0494. The van der Waals surface area contributed by atoms with Crippen LogP contribution in [0.1, 0.15) is 10.6 Å². The first-order chi connectivity index (χ1) is 13.8. The van der Waals surface area contributed by atoms with Gasteiger partial charge < -0.3 is 9.73 Å². The molecule has 0 saturated heterocycles. The molecular weight excluding hydrogens is 486 g/mol. The van der Waals surface area contributed by atoms with E-state index in [-0.39, 0.29) is 22.6 Å². The fourth-order valence-corrected chi connectivity index (χ4v) is 3.26. The zero-order valence-corrected chi connectivity index (χ0v) is 17.5. The molecule has 0 unspecified atom stereocenters. The van der Waals surface area contributed by atoms with Crippen LogP contribution in [-0.2, 0) is 9.59 Å². The Morgan fingerprint density at radius 1 is 1.34 bits per heavy atom. The van der Waals surface area contributed by atoms with Crippen molar-refractivity contribution in [2.75, 3.05) is 11.1 Å². The van der Waals surface area contributed by atoms with Crippen LogP contribution in [-0.4, -0.2) is 40.2 Å². The van der Waals surface area contributed by atoms with Crippen molar-refractivity contribution < 1.29 is 18.8 Å². The molecule has 2 aromatic rings. The van der Waals surface area contributed by atoms with Crippen LogP contribution in [0, 0.1) is 5.41 Å². The van der Waals surface area contributed by atoms with Crippen molar-refractivity contribution in [2.24, 2.45) is 9.98 Å². The van der Waals surface area contributed by atoms with Gasteiger partial charge in [0.25, 0.3) is 5.91 Å². The summed E-state index contributed by atoms with van der Waals surface area (Å²) in [6, 6.07) is 9.53. The Bertz CT molecular complexity index is 1080. The van der Waals surface area contributed by atoms with E-state index in [9.17, 15) is 14.4 Å². The third-order valence-corrected chi connectivity index (χ3v) is 4.85. The van der Waals surface area contributed by atoms with E-state index in [1.54, 1.807) is 24.3 Å². The Morgan fingerprint density at radius 3 is 2.79 bits per heavy atom. The summed E-state index contributed by atoms with van der Waals surface area (Å²) in [5.74, 6) is -2.60. The van der Waals surface area contributed by atoms with Crippen molar-refractivity contribution in [2.45, 2.75) is 0 Å². The Balaban J connectivity index is 1.61. The minimum atomic E-state index is -0.821. The molecule has 148 valence electrons. The summed E-state index contributed by atoms with van der Waals surface area (Å²) in [7, 11) is 0. The molecule has 9 nitrogen and oxygen atoms in total. The predicted molar refractivity (Wildman–Crippen MR) is 114 cm³/mol. The summed E-state index contributed by atoms with van der Waals surface area (Å²) in [5, 5.41) is 13.4. The van der Waals surface area contributed by atoms with Crippen LogP contribution in [0.15, 0.2) is 55.5 Å². The maximum Gasteiger partial charge on any atom is 0.313 e. The van der Waals surface area contributed by atoms with E-state index in [4.69, 9.17) is 21.4 Å². The Kier molecular flexibility index (Phi) is 6.62. The average molecular weight is 497 g/mol. The second kappa shape index (κ2) is 9.16. The number of carbonyl (C=O) groups is 3. The summed E-state index contributed by atoms with van der Waals surface area (Å²) < 4.78 is 5.40. The predicted octanol–water partition coefficient (Wildman–Crippen LogP) is 3.11. The van der Waals surface area contributed by atoms with Crippen LogP contribution in [0.5, 0.6) is 0 Å². The molecule has 0 saturated carbocycles. The van der Waals surface area contributed by atoms with Crippen molar-refractivity contribution in [3.05, 3.63) is 51.9 Å². The minimum Gasteiger partial charge on any atom is -0.444 e. The normalized spacial score (nSPS) is 15.1. The number of aliphatic imine (C=N–C) groups is 2. The maximum atomic E-state index is 12.2. The number of hydrogen-bond acceptors (Lipinski definition) is 6. The highest BCUT2D eigenvalue weighted by Crippen LogP contribution is 2.17. The monoisotopic (exact) mass is 495 g/mol. The second-order valence-corrected chi connectivity index (χ2v) is 7.62. The number of amidine groups is 2. The second-order valence-electron chi connectivity index (χ2n) is 5.44. The van der Waals surface area contributed by atoms with E-state index in [1.807, 2.05) is 0 Å². The van der Waals surface area contributed by atoms with Gasteiger partial charge in [0.15, 0.2) is 27.1 Å². The van der Waals surface area contributed by atoms with Gasteiger partial charge >= 0.3 is 5.91 Å². The number of anilines is 1. The van der Waals surface area contributed by atoms with Crippen LogP contribution in [0.4, 0.5) is 5.69 Å². The van der Waals surface area contributed by atoms with Crippen LogP contribution < -0.4 is 10.6 Å². The standard InChI is InChI=1S/C17H11BrClN5O4S/c18-11-5-4-10(28-11)15(26)22-13-14(20)23-17(24-16(13)27)29-7-12(25)21-9-3-1-2-8(19)6-9/h1-6H,7H2,(H,21,25)(H2,20,23,24,27). The van der Waals surface area contributed by atoms with Crippen molar-refractivity contribution in [1.29, 1.82) is 5.41 Å². The van der Waals surface area contributed by atoms with Gasteiger partial charge in [-0.2, -0.15) is 4.99 Å². The fourth-order valence-electron chi connectivity index (χ4n) is 2.10. The molecule has 1 aromatic carbocycles. The summed E-state index contributed by atoms with van der Waals surface area (Å²) >= 11 is 9.84. The summed E-state index contributed by atoms with van der Waals surface area (Å²) in [4.78, 5) is 43.7. The lowest BCUT2D eigenvalue weighted by Gasteiger charge is -2.14. The molecule has 0 atom stereocenters. The Morgan fingerprint density at radius 2 is 2.14 bits per heavy atom. The number of amides is 3. The number of nitrogens with zero attached hydrogens (tertiary/aromatic N) is 2. The Hall–Kier alpha value is -2.76. The van der Waals surface area contributed by atoms with Crippen LogP contribution in [0.3, 0.4) is 0 Å². The molecule has 12 heteroatoms. The molecule has 0 aliphatic carbocycles.